The first-order chi connectivity index (χ1) is 5.27. The van der Waals surface area contributed by atoms with Crippen LogP contribution in [0.15, 0.2) is 0 Å². The van der Waals surface area contributed by atoms with E-state index in [0.717, 1.165) is 25.9 Å². The van der Waals surface area contributed by atoms with Crippen molar-refractivity contribution in [3.05, 3.63) is 0 Å². The molecule has 0 amide bonds. The lowest BCUT2D eigenvalue weighted by Gasteiger charge is -2.09. The highest BCUT2D eigenvalue weighted by Gasteiger charge is 2.31. The van der Waals surface area contributed by atoms with E-state index in [1.54, 1.807) is 7.11 Å². The third-order valence-corrected chi connectivity index (χ3v) is 2.68. The van der Waals surface area contributed by atoms with Crippen molar-refractivity contribution in [3.8, 4) is 0 Å². The summed E-state index contributed by atoms with van der Waals surface area (Å²) in [5.41, 5.74) is 0. The van der Waals surface area contributed by atoms with Gasteiger partial charge in [0.2, 0.25) is 0 Å². The zero-order chi connectivity index (χ0) is 8.27. The summed E-state index contributed by atoms with van der Waals surface area (Å²) in [4.78, 5) is 0. The molecule has 2 heteroatoms. The standard InChI is InChI=1S/C9H18O2/c1-3-8-4-7(6-11-2)5-9(8)10/h7-10H,3-6H2,1-2H3. The van der Waals surface area contributed by atoms with E-state index in [-0.39, 0.29) is 6.10 Å². The summed E-state index contributed by atoms with van der Waals surface area (Å²) in [5, 5.41) is 9.53. The number of methoxy groups -OCH3 is 1. The van der Waals surface area contributed by atoms with Crippen LogP contribution < -0.4 is 0 Å². The molecule has 0 saturated heterocycles. The topological polar surface area (TPSA) is 29.5 Å². The fraction of sp³-hybridized carbons (Fsp3) is 1.00. The minimum atomic E-state index is -0.0693. The van der Waals surface area contributed by atoms with Crippen molar-refractivity contribution in [1.82, 2.24) is 0 Å². The molecule has 66 valence electrons. The van der Waals surface area contributed by atoms with Crippen molar-refractivity contribution in [2.45, 2.75) is 32.3 Å². The van der Waals surface area contributed by atoms with Crippen LogP contribution in [0.25, 0.3) is 0 Å². The molecule has 3 atom stereocenters. The van der Waals surface area contributed by atoms with Gasteiger partial charge in [-0.15, -0.1) is 0 Å². The molecule has 1 rings (SSSR count). The predicted octanol–water partition coefficient (Wildman–Crippen LogP) is 1.43. The molecule has 1 saturated carbocycles. The summed E-state index contributed by atoms with van der Waals surface area (Å²) in [6.07, 6.45) is 3.11. The molecular formula is C9H18O2. The van der Waals surface area contributed by atoms with Gasteiger partial charge in [0, 0.05) is 13.7 Å². The number of hydrogen-bond donors (Lipinski definition) is 1. The van der Waals surface area contributed by atoms with Gasteiger partial charge >= 0.3 is 0 Å². The van der Waals surface area contributed by atoms with Crippen LogP contribution in [0.1, 0.15) is 26.2 Å². The highest BCUT2D eigenvalue weighted by molar-refractivity contribution is 4.81. The van der Waals surface area contributed by atoms with Gasteiger partial charge < -0.3 is 9.84 Å². The van der Waals surface area contributed by atoms with Crippen molar-refractivity contribution >= 4 is 0 Å². The average molecular weight is 158 g/mol. The van der Waals surface area contributed by atoms with Crippen molar-refractivity contribution in [3.63, 3.8) is 0 Å². The molecule has 1 aliphatic rings. The Bertz CT molecular complexity index is 114. The first kappa shape index (κ1) is 9.01. The number of rotatable bonds is 3. The molecule has 3 unspecified atom stereocenters. The summed E-state index contributed by atoms with van der Waals surface area (Å²) in [7, 11) is 1.73. The van der Waals surface area contributed by atoms with E-state index in [1.807, 2.05) is 0 Å². The van der Waals surface area contributed by atoms with Crippen LogP contribution in [0.5, 0.6) is 0 Å². The minimum absolute atomic E-state index is 0.0693. The zero-order valence-corrected chi connectivity index (χ0v) is 7.42. The van der Waals surface area contributed by atoms with Gasteiger partial charge in [0.1, 0.15) is 0 Å². The Morgan fingerprint density at radius 3 is 2.64 bits per heavy atom. The zero-order valence-electron chi connectivity index (χ0n) is 7.42. The molecule has 0 radical (unpaired) electrons. The fourth-order valence-electron chi connectivity index (χ4n) is 2.03. The lowest BCUT2D eigenvalue weighted by molar-refractivity contribution is 0.120. The summed E-state index contributed by atoms with van der Waals surface area (Å²) >= 11 is 0. The molecule has 1 fully saturated rings. The van der Waals surface area contributed by atoms with Crippen LogP contribution in [0, 0.1) is 11.8 Å². The van der Waals surface area contributed by atoms with Crippen LogP contribution in [0.2, 0.25) is 0 Å². The smallest absolute Gasteiger partial charge is 0.0571 e. The van der Waals surface area contributed by atoms with Gasteiger partial charge in [0.25, 0.3) is 0 Å². The molecule has 0 spiro atoms. The SMILES string of the molecule is CCC1CC(COC)CC1O. The first-order valence-electron chi connectivity index (χ1n) is 4.45. The Balaban J connectivity index is 2.30. The molecule has 0 aromatic carbocycles. The van der Waals surface area contributed by atoms with Crippen LogP contribution in [-0.2, 0) is 4.74 Å². The number of hydrogen-bond acceptors (Lipinski definition) is 2. The summed E-state index contributed by atoms with van der Waals surface area (Å²) in [5.74, 6) is 1.12. The largest absolute Gasteiger partial charge is 0.393 e. The van der Waals surface area contributed by atoms with Crippen LogP contribution >= 0.6 is 0 Å². The highest BCUT2D eigenvalue weighted by Crippen LogP contribution is 2.33. The Morgan fingerprint density at radius 2 is 2.18 bits per heavy atom. The van der Waals surface area contributed by atoms with E-state index < -0.39 is 0 Å². The second-order valence-corrected chi connectivity index (χ2v) is 3.53. The van der Waals surface area contributed by atoms with E-state index in [2.05, 4.69) is 6.92 Å². The maximum Gasteiger partial charge on any atom is 0.0571 e. The number of aliphatic hydroxyl groups excluding tert-OH is 1. The van der Waals surface area contributed by atoms with Crippen LogP contribution in [0.3, 0.4) is 0 Å². The predicted molar refractivity (Wildman–Crippen MR) is 44.4 cm³/mol. The number of ether oxygens (including phenoxy) is 1. The second kappa shape index (κ2) is 4.07. The van der Waals surface area contributed by atoms with Crippen molar-refractivity contribution in [2.24, 2.45) is 11.8 Å². The molecular weight excluding hydrogens is 140 g/mol. The monoisotopic (exact) mass is 158 g/mol. The maximum absolute atomic E-state index is 9.53. The van der Waals surface area contributed by atoms with Gasteiger partial charge in [-0.05, 0) is 24.7 Å². The molecule has 0 aliphatic heterocycles. The molecule has 0 aromatic rings. The minimum Gasteiger partial charge on any atom is -0.393 e. The van der Waals surface area contributed by atoms with Gasteiger partial charge in [-0.3, -0.25) is 0 Å². The van der Waals surface area contributed by atoms with Gasteiger partial charge in [-0.1, -0.05) is 13.3 Å². The van der Waals surface area contributed by atoms with E-state index in [0.29, 0.717) is 11.8 Å². The third kappa shape index (κ3) is 2.17. The summed E-state index contributed by atoms with van der Waals surface area (Å²) in [6, 6.07) is 0. The van der Waals surface area contributed by atoms with E-state index >= 15 is 0 Å². The molecule has 0 aromatic heterocycles. The molecule has 1 aliphatic carbocycles. The second-order valence-electron chi connectivity index (χ2n) is 3.53. The summed E-state index contributed by atoms with van der Waals surface area (Å²) < 4.78 is 5.06. The Kier molecular flexibility index (Phi) is 3.34. The highest BCUT2D eigenvalue weighted by atomic mass is 16.5. The molecule has 2 nitrogen and oxygen atoms in total. The van der Waals surface area contributed by atoms with Gasteiger partial charge in [-0.2, -0.15) is 0 Å². The quantitative estimate of drug-likeness (QED) is 0.673. The maximum atomic E-state index is 9.53. The average Bonchev–Trinajstić information content (AvgIpc) is 2.32. The molecule has 0 heterocycles. The van der Waals surface area contributed by atoms with Crippen molar-refractivity contribution < 1.29 is 9.84 Å². The van der Waals surface area contributed by atoms with E-state index in [9.17, 15) is 5.11 Å². The Morgan fingerprint density at radius 1 is 1.45 bits per heavy atom. The molecule has 11 heavy (non-hydrogen) atoms. The van der Waals surface area contributed by atoms with Crippen molar-refractivity contribution in [1.29, 1.82) is 0 Å². The van der Waals surface area contributed by atoms with E-state index in [1.165, 1.54) is 0 Å². The Hall–Kier alpha value is -0.0800. The van der Waals surface area contributed by atoms with Gasteiger partial charge in [0.05, 0.1) is 6.10 Å². The van der Waals surface area contributed by atoms with E-state index in [4.69, 9.17) is 4.74 Å². The molecule has 1 N–H and O–H groups in total. The fourth-order valence-corrected chi connectivity index (χ4v) is 2.03. The lowest BCUT2D eigenvalue weighted by atomic mass is 10.0. The molecule has 0 bridgehead atoms. The lowest BCUT2D eigenvalue weighted by Crippen LogP contribution is -2.11. The normalized spacial score (nSPS) is 37.9. The van der Waals surface area contributed by atoms with Gasteiger partial charge in [-0.25, -0.2) is 0 Å². The first-order valence-corrected chi connectivity index (χ1v) is 4.45. The van der Waals surface area contributed by atoms with Gasteiger partial charge in [0.15, 0.2) is 0 Å². The number of aliphatic hydroxyl groups is 1. The summed E-state index contributed by atoms with van der Waals surface area (Å²) in [6.45, 7) is 2.95. The third-order valence-electron chi connectivity index (χ3n) is 2.68. The van der Waals surface area contributed by atoms with Crippen molar-refractivity contribution in [2.75, 3.05) is 13.7 Å². The Labute approximate surface area is 68.6 Å². The van der Waals surface area contributed by atoms with Crippen LogP contribution in [-0.4, -0.2) is 24.9 Å². The van der Waals surface area contributed by atoms with Crippen LogP contribution in [0.4, 0.5) is 0 Å².